The summed E-state index contributed by atoms with van der Waals surface area (Å²) in [4.78, 5) is 26.0. The summed E-state index contributed by atoms with van der Waals surface area (Å²) < 4.78 is 10.8. The third kappa shape index (κ3) is 4.65. The van der Waals surface area contributed by atoms with Crippen LogP contribution in [0.2, 0.25) is 0 Å². The van der Waals surface area contributed by atoms with Crippen LogP contribution in [0.5, 0.6) is 11.5 Å². The molecule has 4 aromatic rings. The predicted molar refractivity (Wildman–Crippen MR) is 133 cm³/mol. The quantitative estimate of drug-likeness (QED) is 0.461. The zero-order chi connectivity index (χ0) is 24.2. The Morgan fingerprint density at radius 3 is 2.43 bits per heavy atom. The minimum Gasteiger partial charge on any atom is -0.497 e. The number of rotatable bonds is 6. The summed E-state index contributed by atoms with van der Waals surface area (Å²) in [6, 6.07) is 19.3. The van der Waals surface area contributed by atoms with E-state index in [1.807, 2.05) is 59.5 Å². The van der Waals surface area contributed by atoms with Gasteiger partial charge in [0.2, 0.25) is 0 Å². The number of nitrogens with one attached hydrogen (secondary N) is 1. The van der Waals surface area contributed by atoms with Gasteiger partial charge in [-0.2, -0.15) is 5.10 Å². The Morgan fingerprint density at radius 2 is 1.69 bits per heavy atom. The van der Waals surface area contributed by atoms with E-state index in [2.05, 4.69) is 25.1 Å². The van der Waals surface area contributed by atoms with Crippen molar-refractivity contribution in [2.75, 3.05) is 45.3 Å². The first kappa shape index (κ1) is 22.4. The fourth-order valence-electron chi connectivity index (χ4n) is 4.18. The number of anilines is 1. The number of carbonyl (C=O) groups excluding carboxylic acids is 1. The SMILES string of the molecule is COc1ccc(OC)c(-c2cc(C(=O)N3CCN(c4cc(-c5ccccc5)ncn4)CC3)[nH]n2)c1. The number of hydrogen-bond donors (Lipinski definition) is 1. The summed E-state index contributed by atoms with van der Waals surface area (Å²) in [6.07, 6.45) is 1.59. The fourth-order valence-corrected chi connectivity index (χ4v) is 4.18. The summed E-state index contributed by atoms with van der Waals surface area (Å²) in [5.41, 5.74) is 3.74. The Kier molecular flexibility index (Phi) is 6.30. The molecule has 0 saturated carbocycles. The van der Waals surface area contributed by atoms with Gasteiger partial charge in [0.1, 0.15) is 29.3 Å². The lowest BCUT2D eigenvalue weighted by Gasteiger charge is -2.35. The molecule has 2 aromatic carbocycles. The number of carbonyl (C=O) groups is 1. The van der Waals surface area contributed by atoms with E-state index < -0.39 is 0 Å². The maximum Gasteiger partial charge on any atom is 0.272 e. The van der Waals surface area contributed by atoms with Crippen LogP contribution in [0.4, 0.5) is 5.82 Å². The Morgan fingerprint density at radius 1 is 0.886 bits per heavy atom. The molecule has 9 heteroatoms. The smallest absolute Gasteiger partial charge is 0.272 e. The molecule has 1 aliphatic rings. The van der Waals surface area contributed by atoms with Crippen LogP contribution in [0.15, 0.2) is 67.0 Å². The van der Waals surface area contributed by atoms with Crippen LogP contribution in [0.25, 0.3) is 22.5 Å². The topological polar surface area (TPSA) is 96.5 Å². The van der Waals surface area contributed by atoms with E-state index in [0.717, 1.165) is 22.6 Å². The normalized spacial score (nSPS) is 13.5. The Labute approximate surface area is 203 Å². The molecule has 0 atom stereocenters. The number of piperazine rings is 1. The van der Waals surface area contributed by atoms with Crippen LogP contribution in [-0.2, 0) is 0 Å². The van der Waals surface area contributed by atoms with Crippen LogP contribution in [0.1, 0.15) is 10.5 Å². The zero-order valence-electron chi connectivity index (χ0n) is 19.6. The van der Waals surface area contributed by atoms with Crippen LogP contribution in [0.3, 0.4) is 0 Å². The molecule has 5 rings (SSSR count). The molecule has 1 aliphatic heterocycles. The molecule has 0 radical (unpaired) electrons. The maximum atomic E-state index is 13.2. The van der Waals surface area contributed by atoms with Crippen LogP contribution in [-0.4, -0.2) is 71.4 Å². The summed E-state index contributed by atoms with van der Waals surface area (Å²) in [5.74, 6) is 2.12. The second-order valence-electron chi connectivity index (χ2n) is 8.14. The molecule has 1 fully saturated rings. The van der Waals surface area contributed by atoms with E-state index in [1.165, 1.54) is 0 Å². The second kappa shape index (κ2) is 9.84. The summed E-state index contributed by atoms with van der Waals surface area (Å²) in [5, 5.41) is 7.24. The predicted octanol–water partition coefficient (Wildman–Crippen LogP) is 3.51. The molecular weight excluding hydrogens is 444 g/mol. The molecule has 1 N–H and O–H groups in total. The molecular formula is C26H26N6O3. The van der Waals surface area contributed by atoms with Crippen molar-refractivity contribution in [2.45, 2.75) is 0 Å². The highest BCUT2D eigenvalue weighted by Crippen LogP contribution is 2.32. The van der Waals surface area contributed by atoms with Gasteiger partial charge in [0, 0.05) is 43.4 Å². The first-order valence-electron chi connectivity index (χ1n) is 11.4. The Balaban J connectivity index is 1.27. The number of amides is 1. The molecule has 1 saturated heterocycles. The third-order valence-corrected chi connectivity index (χ3v) is 6.10. The minimum absolute atomic E-state index is 0.0853. The number of benzene rings is 2. The lowest BCUT2D eigenvalue weighted by atomic mass is 10.1. The largest absolute Gasteiger partial charge is 0.497 e. The van der Waals surface area contributed by atoms with Crippen molar-refractivity contribution < 1.29 is 14.3 Å². The van der Waals surface area contributed by atoms with Gasteiger partial charge in [-0.3, -0.25) is 9.89 Å². The highest BCUT2D eigenvalue weighted by atomic mass is 16.5. The summed E-state index contributed by atoms with van der Waals surface area (Å²) in [7, 11) is 3.21. The molecule has 2 aromatic heterocycles. The highest BCUT2D eigenvalue weighted by molar-refractivity contribution is 5.93. The molecule has 9 nitrogen and oxygen atoms in total. The van der Waals surface area contributed by atoms with Gasteiger partial charge in [-0.1, -0.05) is 30.3 Å². The van der Waals surface area contributed by atoms with E-state index in [9.17, 15) is 4.79 Å². The van der Waals surface area contributed by atoms with E-state index in [1.54, 1.807) is 26.6 Å². The van der Waals surface area contributed by atoms with Crippen molar-refractivity contribution in [2.24, 2.45) is 0 Å². The molecule has 3 heterocycles. The highest BCUT2D eigenvalue weighted by Gasteiger charge is 2.25. The average molecular weight is 471 g/mol. The molecule has 0 spiro atoms. The lowest BCUT2D eigenvalue weighted by molar-refractivity contribution is 0.0740. The number of aromatic nitrogens is 4. The second-order valence-corrected chi connectivity index (χ2v) is 8.14. The number of ether oxygens (including phenoxy) is 2. The van der Waals surface area contributed by atoms with Crippen molar-refractivity contribution in [3.8, 4) is 34.0 Å². The standard InChI is InChI=1S/C26H26N6O3/c1-34-19-8-9-24(35-2)20(14-19)22-15-23(30-29-22)26(33)32-12-10-31(11-13-32)25-16-21(27-17-28-25)18-6-4-3-5-7-18/h3-9,14-17H,10-13H2,1-2H3,(H,29,30). The van der Waals surface area contributed by atoms with Crippen LogP contribution >= 0.6 is 0 Å². The van der Waals surface area contributed by atoms with Gasteiger partial charge in [0.25, 0.3) is 5.91 Å². The van der Waals surface area contributed by atoms with Crippen molar-refractivity contribution >= 4 is 11.7 Å². The summed E-state index contributed by atoms with van der Waals surface area (Å²) in [6.45, 7) is 2.53. The van der Waals surface area contributed by atoms with Gasteiger partial charge < -0.3 is 19.3 Å². The van der Waals surface area contributed by atoms with Gasteiger partial charge in [0.15, 0.2) is 0 Å². The Bertz CT molecular complexity index is 1320. The number of aromatic amines is 1. The zero-order valence-corrected chi connectivity index (χ0v) is 19.6. The van der Waals surface area contributed by atoms with Crippen molar-refractivity contribution in [3.63, 3.8) is 0 Å². The molecule has 35 heavy (non-hydrogen) atoms. The molecule has 1 amide bonds. The molecule has 0 bridgehead atoms. The fraction of sp³-hybridized carbons (Fsp3) is 0.231. The van der Waals surface area contributed by atoms with E-state index in [0.29, 0.717) is 49.1 Å². The molecule has 0 aliphatic carbocycles. The minimum atomic E-state index is -0.0853. The van der Waals surface area contributed by atoms with Gasteiger partial charge in [0.05, 0.1) is 25.6 Å². The van der Waals surface area contributed by atoms with Gasteiger partial charge >= 0.3 is 0 Å². The van der Waals surface area contributed by atoms with Gasteiger partial charge in [-0.15, -0.1) is 0 Å². The van der Waals surface area contributed by atoms with E-state index >= 15 is 0 Å². The van der Waals surface area contributed by atoms with Crippen molar-refractivity contribution in [3.05, 3.63) is 72.7 Å². The number of H-pyrrole nitrogens is 1. The van der Waals surface area contributed by atoms with Crippen molar-refractivity contribution in [1.82, 2.24) is 25.1 Å². The van der Waals surface area contributed by atoms with Crippen LogP contribution in [0, 0.1) is 0 Å². The lowest BCUT2D eigenvalue weighted by Crippen LogP contribution is -2.49. The monoisotopic (exact) mass is 470 g/mol. The number of methoxy groups -OCH3 is 2. The first-order valence-corrected chi connectivity index (χ1v) is 11.4. The maximum absolute atomic E-state index is 13.2. The van der Waals surface area contributed by atoms with Crippen LogP contribution < -0.4 is 14.4 Å². The third-order valence-electron chi connectivity index (χ3n) is 6.10. The molecule has 0 unspecified atom stereocenters. The van der Waals surface area contributed by atoms with Crippen molar-refractivity contribution in [1.29, 1.82) is 0 Å². The number of nitrogens with zero attached hydrogens (tertiary/aromatic N) is 5. The van der Waals surface area contributed by atoms with Gasteiger partial charge in [-0.05, 0) is 24.3 Å². The van der Waals surface area contributed by atoms with Gasteiger partial charge in [-0.25, -0.2) is 9.97 Å². The van der Waals surface area contributed by atoms with E-state index in [4.69, 9.17) is 9.47 Å². The molecule has 178 valence electrons. The average Bonchev–Trinajstić information content (AvgIpc) is 3.43. The van der Waals surface area contributed by atoms with E-state index in [-0.39, 0.29) is 5.91 Å². The Hall–Kier alpha value is -4.40. The summed E-state index contributed by atoms with van der Waals surface area (Å²) >= 11 is 0. The number of hydrogen-bond acceptors (Lipinski definition) is 7. The first-order chi connectivity index (χ1) is 17.2.